The van der Waals surface area contributed by atoms with E-state index in [2.05, 4.69) is 21.8 Å². The van der Waals surface area contributed by atoms with Gasteiger partial charge in [0.15, 0.2) is 13.7 Å². The van der Waals surface area contributed by atoms with E-state index in [4.69, 9.17) is 33.9 Å². The molecule has 1 aromatic heterocycles. The number of rotatable bonds is 16. The van der Waals surface area contributed by atoms with Crippen molar-refractivity contribution < 1.29 is 33.0 Å². The molecule has 9 rings (SSSR count). The van der Waals surface area contributed by atoms with E-state index >= 15 is 0 Å². The fourth-order valence-electron chi connectivity index (χ4n) is 8.12. The van der Waals surface area contributed by atoms with Crippen LogP contribution in [0.25, 0.3) is 0 Å². The first-order valence-electron chi connectivity index (χ1n) is 20.5. The van der Waals surface area contributed by atoms with Crippen molar-refractivity contribution in [3.63, 3.8) is 0 Å². The summed E-state index contributed by atoms with van der Waals surface area (Å²) in [7, 11) is 2.09. The summed E-state index contributed by atoms with van der Waals surface area (Å²) in [6.45, 7) is 3.84. The fourth-order valence-corrected chi connectivity index (χ4v) is 13.4. The fraction of sp³-hybridized carbons (Fsp3) is 0.370. The zero-order valence-electron chi connectivity index (χ0n) is 34.5. The van der Waals surface area contributed by atoms with E-state index in [1.165, 1.54) is 16.3 Å². The number of nitrogens with two attached hydrogens (primary N) is 1. The molecule has 5 aromatic rings. The van der Waals surface area contributed by atoms with Crippen molar-refractivity contribution >= 4 is 41.6 Å². The molecule has 0 radical (unpaired) electrons. The van der Waals surface area contributed by atoms with Crippen LogP contribution >= 0.6 is 30.6 Å². The third-order valence-electron chi connectivity index (χ3n) is 11.3. The summed E-state index contributed by atoms with van der Waals surface area (Å²) in [5, 5.41) is 0.0511. The van der Waals surface area contributed by atoms with Crippen molar-refractivity contribution in [1.29, 1.82) is 0 Å². The summed E-state index contributed by atoms with van der Waals surface area (Å²) in [4.78, 5) is 30.7. The molecule has 4 fully saturated rings. The average Bonchev–Trinajstić information content (AvgIpc) is 3.75. The molecule has 320 valence electrons. The summed E-state index contributed by atoms with van der Waals surface area (Å²) >= 11 is 3.06. The zero-order valence-corrected chi connectivity index (χ0v) is 37.0. The molecule has 0 aliphatic carbocycles. The van der Waals surface area contributed by atoms with Crippen LogP contribution in [-0.2, 0) is 24.3 Å². The van der Waals surface area contributed by atoms with Crippen LogP contribution in [0.1, 0.15) is 58.1 Å². The Morgan fingerprint density at radius 2 is 1.46 bits per heavy atom. The van der Waals surface area contributed by atoms with Gasteiger partial charge < -0.3 is 33.9 Å². The topological polar surface area (TPSA) is 137 Å². The van der Waals surface area contributed by atoms with Crippen molar-refractivity contribution in [3.8, 4) is 11.5 Å². The maximum absolute atomic E-state index is 13.6. The molecule has 5 unspecified atom stereocenters. The molecular weight excluding hydrogens is 832 g/mol. The standard InChI is InChI=1S/C46H51N4O8PS2/c1-31-29-50(45(52)48-42(31)47)43-41-39(58-59(49-24-10-11-25-49)61-27-26-60-44(51)32-12-6-4-7-13-32)28-38(40(56-43)30-55-41)57-46(33-14-8-5-9-15-33,34-16-20-36(53-2)21-17-34)35-18-22-37(54-3)23-19-35/h4-9,12-23,29,38-41,43H,10-11,24-28,30H2,1-3H3,(H2,47,48,52)/t38?,39?,40?,41?,43-,59?/m1/s1. The van der Waals surface area contributed by atoms with E-state index < -0.39 is 49.4 Å². The second kappa shape index (κ2) is 19.9. The number of nitrogens with zero attached hydrogens (tertiary/aromatic N) is 3. The predicted octanol–water partition coefficient (Wildman–Crippen LogP) is 8.23. The van der Waals surface area contributed by atoms with Crippen LogP contribution in [0.3, 0.4) is 0 Å². The first kappa shape index (κ1) is 43.4. The van der Waals surface area contributed by atoms with E-state index in [0.29, 0.717) is 29.1 Å². The number of aromatic nitrogens is 2. The molecule has 6 atom stereocenters. The van der Waals surface area contributed by atoms with Crippen molar-refractivity contribution in [3.05, 3.63) is 154 Å². The Balaban J connectivity index is 1.18. The highest BCUT2D eigenvalue weighted by Crippen LogP contribution is 2.58. The molecule has 0 amide bonds. The number of benzene rings is 4. The summed E-state index contributed by atoms with van der Waals surface area (Å²) in [5.74, 6) is 2.94. The van der Waals surface area contributed by atoms with Gasteiger partial charge in [-0.1, -0.05) is 108 Å². The SMILES string of the molecule is COc1ccc(C(OC2CC(OP(SCCSC(=O)c3ccccc3)N3CCCC3)C3OCC2O[C@H]3n2cc(C)c(N)nc2=O)(c2ccccc2)c2ccc(OC)cc2)cc1. The lowest BCUT2D eigenvalue weighted by Gasteiger charge is -2.41. The number of carbonyl (C=O) groups excluding carboxylic acids is 1. The number of methoxy groups -OCH3 is 2. The van der Waals surface area contributed by atoms with Crippen LogP contribution in [0.2, 0.25) is 0 Å². The van der Waals surface area contributed by atoms with Gasteiger partial charge in [-0.2, -0.15) is 4.98 Å². The number of hydrogen-bond donors (Lipinski definition) is 1. The number of hydrogen-bond acceptors (Lipinski definition) is 13. The van der Waals surface area contributed by atoms with Gasteiger partial charge in [-0.3, -0.25) is 14.0 Å². The van der Waals surface area contributed by atoms with E-state index in [0.717, 1.165) is 54.1 Å². The molecule has 12 nitrogen and oxygen atoms in total. The number of carbonyl (C=O) groups is 1. The molecule has 4 saturated heterocycles. The molecular formula is C46H51N4O8PS2. The van der Waals surface area contributed by atoms with Crippen molar-refractivity contribution in [2.75, 3.05) is 51.2 Å². The molecule has 0 saturated carbocycles. The van der Waals surface area contributed by atoms with Gasteiger partial charge in [0.25, 0.3) is 0 Å². The van der Waals surface area contributed by atoms with Gasteiger partial charge in [-0.25, -0.2) is 4.79 Å². The molecule has 2 bridgehead atoms. The Morgan fingerprint density at radius 3 is 2.08 bits per heavy atom. The molecule has 4 aliphatic heterocycles. The molecule has 2 N–H and O–H groups in total. The monoisotopic (exact) mass is 882 g/mol. The third-order valence-corrected chi connectivity index (χ3v) is 16.6. The van der Waals surface area contributed by atoms with Gasteiger partial charge in [-0.05, 0) is 60.7 Å². The van der Waals surface area contributed by atoms with Gasteiger partial charge >= 0.3 is 5.69 Å². The smallest absolute Gasteiger partial charge is 0.351 e. The number of ether oxygens (including phenoxy) is 5. The van der Waals surface area contributed by atoms with Gasteiger partial charge in [-0.15, -0.1) is 0 Å². The quantitative estimate of drug-likeness (QED) is 0.0580. The van der Waals surface area contributed by atoms with Gasteiger partial charge in [0, 0.05) is 48.3 Å². The maximum atomic E-state index is 13.6. The van der Waals surface area contributed by atoms with Gasteiger partial charge in [0.2, 0.25) is 5.12 Å². The summed E-state index contributed by atoms with van der Waals surface area (Å²) < 4.78 is 43.9. The molecule has 61 heavy (non-hydrogen) atoms. The number of thioether (sulfide) groups is 1. The van der Waals surface area contributed by atoms with E-state index in [1.54, 1.807) is 31.8 Å². The van der Waals surface area contributed by atoms with Crippen molar-refractivity contribution in [2.24, 2.45) is 0 Å². The van der Waals surface area contributed by atoms with Crippen molar-refractivity contribution in [2.45, 2.75) is 62.4 Å². The van der Waals surface area contributed by atoms with Gasteiger partial charge in [0.05, 0.1) is 33.0 Å². The minimum atomic E-state index is -1.21. The first-order valence-corrected chi connectivity index (χ1v) is 24.3. The average molecular weight is 883 g/mol. The number of aryl methyl sites for hydroxylation is 1. The van der Waals surface area contributed by atoms with Crippen LogP contribution in [0.15, 0.2) is 120 Å². The second-order valence-electron chi connectivity index (χ2n) is 15.1. The highest BCUT2D eigenvalue weighted by molar-refractivity contribution is 8.53. The number of fused-ring (bicyclic) bond motifs is 4. The molecule has 4 aliphatic rings. The Bertz CT molecular complexity index is 2240. The first-order chi connectivity index (χ1) is 29.8. The lowest BCUT2D eigenvalue weighted by atomic mass is 9.79. The minimum absolute atomic E-state index is 0.0511. The zero-order chi connectivity index (χ0) is 42.3. The molecule has 15 heteroatoms. The minimum Gasteiger partial charge on any atom is -0.497 e. The van der Waals surface area contributed by atoms with Crippen molar-refractivity contribution in [1.82, 2.24) is 14.2 Å². The van der Waals surface area contributed by atoms with E-state index in [9.17, 15) is 9.59 Å². The molecule has 4 aromatic carbocycles. The Kier molecular flexibility index (Phi) is 14.1. The third kappa shape index (κ3) is 9.57. The number of anilines is 1. The largest absolute Gasteiger partial charge is 0.497 e. The highest BCUT2D eigenvalue weighted by Gasteiger charge is 2.52. The summed E-state index contributed by atoms with van der Waals surface area (Å²) in [6, 6.07) is 35.4. The molecule has 0 spiro atoms. The number of nitrogen functional groups attached to an aromatic ring is 1. The van der Waals surface area contributed by atoms with E-state index in [-0.39, 0.29) is 17.5 Å². The summed E-state index contributed by atoms with van der Waals surface area (Å²) in [6.07, 6.45) is 0.919. The van der Waals surface area contributed by atoms with Crippen LogP contribution in [0, 0.1) is 6.92 Å². The van der Waals surface area contributed by atoms with Crippen LogP contribution in [0.4, 0.5) is 5.82 Å². The lowest BCUT2D eigenvalue weighted by Crippen LogP contribution is -2.48. The normalized spacial score (nSPS) is 22.1. The van der Waals surface area contributed by atoms with Gasteiger partial charge in [0.1, 0.15) is 35.1 Å². The summed E-state index contributed by atoms with van der Waals surface area (Å²) in [5.41, 5.74) is 8.43. The Morgan fingerprint density at radius 1 is 0.852 bits per heavy atom. The molecule has 5 heterocycles. The lowest BCUT2D eigenvalue weighted by molar-refractivity contribution is -0.235. The maximum Gasteiger partial charge on any atom is 0.351 e. The second-order valence-corrected chi connectivity index (χ2v) is 19.8. The Labute approximate surface area is 366 Å². The van der Waals surface area contributed by atoms with Crippen LogP contribution in [0.5, 0.6) is 11.5 Å². The predicted molar refractivity (Wildman–Crippen MR) is 241 cm³/mol. The van der Waals surface area contributed by atoms with E-state index in [1.807, 2.05) is 104 Å². The Hall–Kier alpha value is -4.24. The van der Waals surface area contributed by atoms with Crippen LogP contribution in [-0.4, -0.2) is 89.2 Å². The van der Waals surface area contributed by atoms with Crippen LogP contribution < -0.4 is 20.9 Å². The highest BCUT2D eigenvalue weighted by atomic mass is 32.7.